The van der Waals surface area contributed by atoms with Crippen LogP contribution in [0.3, 0.4) is 0 Å². The van der Waals surface area contributed by atoms with Crippen molar-refractivity contribution in [2.24, 2.45) is 4.99 Å². The summed E-state index contributed by atoms with van der Waals surface area (Å²) >= 11 is 0. The molecule has 166 valence electrons. The van der Waals surface area contributed by atoms with E-state index in [0.29, 0.717) is 19.1 Å². The van der Waals surface area contributed by atoms with Gasteiger partial charge in [-0.25, -0.2) is 0 Å². The van der Waals surface area contributed by atoms with Crippen LogP contribution in [-0.4, -0.2) is 62.1 Å². The van der Waals surface area contributed by atoms with Crippen molar-refractivity contribution in [3.63, 3.8) is 0 Å². The summed E-state index contributed by atoms with van der Waals surface area (Å²) in [4.78, 5) is 18.4. The lowest BCUT2D eigenvalue weighted by Crippen LogP contribution is -2.48. The normalized spacial score (nSPS) is 11.6. The average molecular weight is 519 g/mol. The van der Waals surface area contributed by atoms with Crippen molar-refractivity contribution in [3.8, 4) is 5.75 Å². The molecule has 29 heavy (non-hydrogen) atoms. The molecule has 0 atom stereocenters. The van der Waals surface area contributed by atoms with Crippen LogP contribution in [0, 0.1) is 0 Å². The Morgan fingerprint density at radius 1 is 1.10 bits per heavy atom. The van der Waals surface area contributed by atoms with E-state index in [1.54, 1.807) is 7.05 Å². The van der Waals surface area contributed by atoms with E-state index >= 15 is 0 Å². The molecular weight excluding hydrogens is 481 g/mol. The highest BCUT2D eigenvalue weighted by atomic mass is 127. The molecule has 0 unspecified atom stereocenters. The molecule has 0 aliphatic heterocycles. The first-order valence-electron chi connectivity index (χ1n) is 9.97. The van der Waals surface area contributed by atoms with Crippen molar-refractivity contribution < 1.29 is 9.53 Å². The number of nitrogens with zero attached hydrogens (tertiary/aromatic N) is 2. The Labute approximate surface area is 193 Å². The fraction of sp³-hybridized carbons (Fsp3) is 0.619. The number of carbonyl (C=O) groups is 1. The minimum absolute atomic E-state index is 0. The van der Waals surface area contributed by atoms with Gasteiger partial charge in [0.15, 0.2) is 5.96 Å². The van der Waals surface area contributed by atoms with Gasteiger partial charge in [-0.3, -0.25) is 9.79 Å². The highest BCUT2D eigenvalue weighted by Gasteiger charge is 2.13. The molecule has 3 N–H and O–H groups in total. The molecule has 0 saturated carbocycles. The van der Waals surface area contributed by atoms with Gasteiger partial charge in [-0.15, -0.1) is 24.0 Å². The number of ether oxygens (including phenoxy) is 1. The quantitative estimate of drug-likeness (QED) is 0.252. The molecular formula is C21H38IN5O2. The maximum Gasteiger partial charge on any atom is 0.239 e. The number of nitrogens with one attached hydrogen (secondary N) is 3. The number of hydrogen-bond acceptors (Lipinski definition) is 4. The van der Waals surface area contributed by atoms with Crippen molar-refractivity contribution in [1.29, 1.82) is 0 Å². The fourth-order valence-corrected chi connectivity index (χ4v) is 2.57. The van der Waals surface area contributed by atoms with Gasteiger partial charge >= 0.3 is 0 Å². The number of rotatable bonds is 10. The summed E-state index contributed by atoms with van der Waals surface area (Å²) < 4.78 is 5.80. The van der Waals surface area contributed by atoms with Gasteiger partial charge in [0, 0.05) is 25.7 Å². The van der Waals surface area contributed by atoms with E-state index in [9.17, 15) is 4.79 Å². The molecule has 0 aliphatic rings. The van der Waals surface area contributed by atoms with Gasteiger partial charge in [0.2, 0.25) is 5.91 Å². The molecule has 0 bridgehead atoms. The molecule has 1 aromatic rings. The molecule has 0 radical (unpaired) electrons. The average Bonchev–Trinajstić information content (AvgIpc) is 2.65. The zero-order valence-corrected chi connectivity index (χ0v) is 21.0. The molecule has 0 heterocycles. The van der Waals surface area contributed by atoms with Crippen molar-refractivity contribution in [2.45, 2.75) is 46.7 Å². The molecule has 1 rings (SSSR count). The second-order valence-corrected chi connectivity index (χ2v) is 7.60. The largest absolute Gasteiger partial charge is 0.492 e. The number of guanidine groups is 1. The molecule has 1 aromatic carbocycles. The molecule has 8 heteroatoms. The van der Waals surface area contributed by atoms with Crippen molar-refractivity contribution in [1.82, 2.24) is 20.9 Å². The summed E-state index contributed by atoms with van der Waals surface area (Å²) in [7, 11) is 1.68. The van der Waals surface area contributed by atoms with Crippen molar-refractivity contribution in [2.75, 3.05) is 39.8 Å². The van der Waals surface area contributed by atoms with Gasteiger partial charge in [-0.1, -0.05) is 26.0 Å². The lowest BCUT2D eigenvalue weighted by molar-refractivity contribution is -0.121. The monoisotopic (exact) mass is 519 g/mol. The summed E-state index contributed by atoms with van der Waals surface area (Å²) in [5.74, 6) is 1.39. The van der Waals surface area contributed by atoms with Crippen LogP contribution in [0.15, 0.2) is 29.3 Å². The van der Waals surface area contributed by atoms with Crippen LogP contribution in [0.2, 0.25) is 0 Å². The zero-order valence-electron chi connectivity index (χ0n) is 18.7. The third-order valence-electron chi connectivity index (χ3n) is 4.11. The lowest BCUT2D eigenvalue weighted by Gasteiger charge is -2.21. The predicted octanol–water partition coefficient (Wildman–Crippen LogP) is 2.60. The van der Waals surface area contributed by atoms with E-state index in [4.69, 9.17) is 4.74 Å². The van der Waals surface area contributed by atoms with Crippen LogP contribution < -0.4 is 20.7 Å². The number of likely N-dealkylation sites (N-methyl/N-ethyl adjacent to an activating group) is 1. The number of benzene rings is 1. The Balaban J connectivity index is 0.00000784. The lowest BCUT2D eigenvalue weighted by atomic mass is 10.1. The van der Waals surface area contributed by atoms with Crippen molar-refractivity contribution in [3.05, 3.63) is 29.8 Å². The minimum atomic E-state index is -0.245. The maximum absolute atomic E-state index is 11.9. The van der Waals surface area contributed by atoms with E-state index in [0.717, 1.165) is 30.9 Å². The van der Waals surface area contributed by atoms with Gasteiger partial charge in [0.25, 0.3) is 0 Å². The van der Waals surface area contributed by atoms with Gasteiger partial charge in [0.1, 0.15) is 12.4 Å². The van der Waals surface area contributed by atoms with Crippen LogP contribution in [0.4, 0.5) is 0 Å². The minimum Gasteiger partial charge on any atom is -0.492 e. The van der Waals surface area contributed by atoms with E-state index < -0.39 is 0 Å². The Bertz CT molecular complexity index is 610. The summed E-state index contributed by atoms with van der Waals surface area (Å²) in [6, 6.07) is 8.01. The van der Waals surface area contributed by atoms with Crippen molar-refractivity contribution >= 4 is 35.8 Å². The van der Waals surface area contributed by atoms with Crippen LogP contribution in [0.25, 0.3) is 0 Å². The first-order valence-corrected chi connectivity index (χ1v) is 9.97. The summed E-state index contributed by atoms with van der Waals surface area (Å²) in [5, 5.41) is 9.14. The first kappa shape index (κ1) is 27.5. The highest BCUT2D eigenvalue weighted by molar-refractivity contribution is 14.0. The Morgan fingerprint density at radius 2 is 1.72 bits per heavy atom. The Hall–Kier alpha value is -1.55. The topological polar surface area (TPSA) is 78.0 Å². The summed E-state index contributed by atoms with van der Waals surface area (Å²) in [5.41, 5.74) is 0.864. The summed E-state index contributed by atoms with van der Waals surface area (Å²) in [6.45, 7) is 14.7. The third kappa shape index (κ3) is 12.6. The number of aliphatic imine (C=N–C) groups is 1. The zero-order chi connectivity index (χ0) is 21.0. The van der Waals surface area contributed by atoms with Crippen LogP contribution >= 0.6 is 24.0 Å². The van der Waals surface area contributed by atoms with Crippen LogP contribution in [0.5, 0.6) is 5.75 Å². The Morgan fingerprint density at radius 3 is 2.24 bits per heavy atom. The molecule has 7 nitrogen and oxygen atoms in total. The van der Waals surface area contributed by atoms with Crippen LogP contribution in [-0.2, 0) is 11.3 Å². The molecule has 0 aromatic heterocycles. The molecule has 1 amide bonds. The SMILES string of the molecule is CCN(CC)CCOc1ccc(CNC(=NC)NCC(=O)NC(C)(C)C)cc1.I. The smallest absolute Gasteiger partial charge is 0.239 e. The second kappa shape index (κ2) is 14.4. The van der Waals surface area contributed by atoms with Gasteiger partial charge in [0.05, 0.1) is 6.54 Å². The first-order chi connectivity index (χ1) is 13.3. The highest BCUT2D eigenvalue weighted by Crippen LogP contribution is 2.12. The molecule has 0 spiro atoms. The Kier molecular flexibility index (Phi) is 13.7. The van der Waals surface area contributed by atoms with E-state index in [1.807, 2.05) is 45.0 Å². The molecule has 0 aliphatic carbocycles. The standard InChI is InChI=1S/C21H37N5O2.HI/c1-7-26(8-2)13-14-28-18-11-9-17(10-12-18)15-23-20(22-6)24-16-19(27)25-21(3,4)5;/h9-12H,7-8,13-16H2,1-6H3,(H,25,27)(H2,22,23,24);1H. The number of carbonyl (C=O) groups excluding carboxylic acids is 1. The van der Waals surface area contributed by atoms with Gasteiger partial charge in [-0.2, -0.15) is 0 Å². The summed E-state index contributed by atoms with van der Waals surface area (Å²) in [6.07, 6.45) is 0. The van der Waals surface area contributed by atoms with E-state index in [-0.39, 0.29) is 42.0 Å². The van der Waals surface area contributed by atoms with Gasteiger partial charge in [-0.05, 0) is 51.6 Å². The number of amides is 1. The predicted molar refractivity (Wildman–Crippen MR) is 131 cm³/mol. The molecule has 0 saturated heterocycles. The van der Waals surface area contributed by atoms with Crippen LogP contribution in [0.1, 0.15) is 40.2 Å². The maximum atomic E-state index is 11.9. The number of halogens is 1. The second-order valence-electron chi connectivity index (χ2n) is 7.60. The van der Waals surface area contributed by atoms with Gasteiger partial charge < -0.3 is 25.6 Å². The fourth-order valence-electron chi connectivity index (χ4n) is 2.57. The van der Waals surface area contributed by atoms with E-state index in [1.165, 1.54) is 0 Å². The number of hydrogen-bond donors (Lipinski definition) is 3. The molecule has 0 fully saturated rings. The third-order valence-corrected chi connectivity index (χ3v) is 4.11. The van der Waals surface area contributed by atoms with E-state index in [2.05, 4.69) is 39.7 Å².